The Kier molecular flexibility index (Phi) is 3.70. The minimum atomic E-state index is -0.114. The number of methoxy groups -OCH3 is 1. The standard InChI is InChI=1S/C17H16ClNO2/c1-10(21-2)12-5-8-14-15(9-12)17(20)19-16(14)11-3-6-13(18)7-4-11/h3-10,16H,1-2H3,(H,19,20). The van der Waals surface area contributed by atoms with Gasteiger partial charge in [-0.05, 0) is 41.8 Å². The number of hydrogen-bond donors (Lipinski definition) is 1. The van der Waals surface area contributed by atoms with Crippen LogP contribution in [0.5, 0.6) is 0 Å². The third-order valence-electron chi connectivity index (χ3n) is 3.93. The molecule has 1 heterocycles. The van der Waals surface area contributed by atoms with E-state index in [1.165, 1.54) is 0 Å². The van der Waals surface area contributed by atoms with E-state index >= 15 is 0 Å². The topological polar surface area (TPSA) is 38.3 Å². The third kappa shape index (κ3) is 2.55. The van der Waals surface area contributed by atoms with Crippen molar-refractivity contribution in [1.29, 1.82) is 0 Å². The Morgan fingerprint density at radius 2 is 1.90 bits per heavy atom. The summed E-state index contributed by atoms with van der Waals surface area (Å²) >= 11 is 5.92. The Bertz CT molecular complexity index is 682. The predicted molar refractivity (Wildman–Crippen MR) is 82.6 cm³/mol. The van der Waals surface area contributed by atoms with Gasteiger partial charge in [0, 0.05) is 17.7 Å². The number of benzene rings is 2. The number of ether oxygens (including phenoxy) is 1. The van der Waals surface area contributed by atoms with Crippen molar-refractivity contribution in [3.05, 3.63) is 69.7 Å². The molecule has 0 spiro atoms. The Labute approximate surface area is 128 Å². The van der Waals surface area contributed by atoms with Gasteiger partial charge in [0.25, 0.3) is 5.91 Å². The van der Waals surface area contributed by atoms with Crippen molar-refractivity contribution < 1.29 is 9.53 Å². The number of rotatable bonds is 3. The Morgan fingerprint density at radius 3 is 2.57 bits per heavy atom. The molecule has 1 aliphatic heterocycles. The van der Waals surface area contributed by atoms with Crippen LogP contribution in [0, 0.1) is 0 Å². The summed E-state index contributed by atoms with van der Waals surface area (Å²) < 4.78 is 5.31. The number of amides is 1. The van der Waals surface area contributed by atoms with Gasteiger partial charge in [-0.3, -0.25) is 4.79 Å². The summed E-state index contributed by atoms with van der Waals surface area (Å²) in [7, 11) is 1.66. The molecule has 1 aliphatic rings. The van der Waals surface area contributed by atoms with E-state index < -0.39 is 0 Å². The normalized spacial score (nSPS) is 18.2. The first-order chi connectivity index (χ1) is 10.1. The maximum atomic E-state index is 12.2. The van der Waals surface area contributed by atoms with Crippen LogP contribution in [0.25, 0.3) is 0 Å². The number of carbonyl (C=O) groups excluding carboxylic acids is 1. The molecule has 4 heteroatoms. The van der Waals surface area contributed by atoms with Gasteiger partial charge in [-0.15, -0.1) is 0 Å². The van der Waals surface area contributed by atoms with E-state index in [9.17, 15) is 4.79 Å². The largest absolute Gasteiger partial charge is 0.377 e. The molecule has 21 heavy (non-hydrogen) atoms. The van der Waals surface area contributed by atoms with Crippen molar-refractivity contribution in [3.8, 4) is 0 Å². The van der Waals surface area contributed by atoms with E-state index in [1.54, 1.807) is 7.11 Å². The average Bonchev–Trinajstić information content (AvgIpc) is 2.84. The summed E-state index contributed by atoms with van der Waals surface area (Å²) in [6.45, 7) is 1.96. The van der Waals surface area contributed by atoms with Crippen molar-refractivity contribution >= 4 is 17.5 Å². The van der Waals surface area contributed by atoms with Crippen LogP contribution >= 0.6 is 11.6 Å². The Morgan fingerprint density at radius 1 is 1.19 bits per heavy atom. The zero-order chi connectivity index (χ0) is 15.0. The van der Waals surface area contributed by atoms with Crippen LogP contribution in [-0.4, -0.2) is 13.0 Å². The Hall–Kier alpha value is -1.84. The van der Waals surface area contributed by atoms with E-state index in [0.717, 1.165) is 22.3 Å². The van der Waals surface area contributed by atoms with Gasteiger partial charge in [0.2, 0.25) is 0 Å². The van der Waals surface area contributed by atoms with Gasteiger partial charge in [-0.2, -0.15) is 0 Å². The molecule has 0 radical (unpaired) electrons. The van der Waals surface area contributed by atoms with E-state index in [1.807, 2.05) is 49.4 Å². The van der Waals surface area contributed by atoms with E-state index in [4.69, 9.17) is 16.3 Å². The van der Waals surface area contributed by atoms with Crippen molar-refractivity contribution in [2.24, 2.45) is 0 Å². The number of nitrogens with one attached hydrogen (secondary N) is 1. The SMILES string of the molecule is COC(C)c1ccc2c(c1)C(=O)NC2c1ccc(Cl)cc1. The molecule has 108 valence electrons. The molecule has 0 aliphatic carbocycles. The molecule has 1 amide bonds. The average molecular weight is 302 g/mol. The van der Waals surface area contributed by atoms with Gasteiger partial charge >= 0.3 is 0 Å². The van der Waals surface area contributed by atoms with Gasteiger partial charge < -0.3 is 10.1 Å². The maximum Gasteiger partial charge on any atom is 0.252 e. The zero-order valence-corrected chi connectivity index (χ0v) is 12.6. The fourth-order valence-electron chi connectivity index (χ4n) is 2.62. The van der Waals surface area contributed by atoms with E-state index in [0.29, 0.717) is 5.02 Å². The molecule has 0 fully saturated rings. The highest BCUT2D eigenvalue weighted by Crippen LogP contribution is 2.33. The fraction of sp³-hybridized carbons (Fsp3) is 0.235. The van der Waals surface area contributed by atoms with Gasteiger partial charge in [0.15, 0.2) is 0 Å². The molecule has 0 aromatic heterocycles. The van der Waals surface area contributed by atoms with Gasteiger partial charge in [0.1, 0.15) is 0 Å². The zero-order valence-electron chi connectivity index (χ0n) is 11.9. The van der Waals surface area contributed by atoms with Gasteiger partial charge in [-0.25, -0.2) is 0 Å². The second-order valence-electron chi connectivity index (χ2n) is 5.18. The van der Waals surface area contributed by atoms with Crippen LogP contribution in [0.1, 0.15) is 46.1 Å². The molecule has 0 saturated heterocycles. The summed E-state index contributed by atoms with van der Waals surface area (Å²) in [5, 5.41) is 3.70. The highest BCUT2D eigenvalue weighted by molar-refractivity contribution is 6.30. The van der Waals surface area contributed by atoms with Gasteiger partial charge in [0.05, 0.1) is 12.1 Å². The van der Waals surface area contributed by atoms with Crippen molar-refractivity contribution in [1.82, 2.24) is 5.32 Å². The third-order valence-corrected chi connectivity index (χ3v) is 4.19. The lowest BCUT2D eigenvalue weighted by molar-refractivity contribution is 0.0959. The molecule has 3 rings (SSSR count). The maximum absolute atomic E-state index is 12.2. The molecule has 0 bridgehead atoms. The molecule has 2 aromatic carbocycles. The first kappa shape index (κ1) is 14.1. The highest BCUT2D eigenvalue weighted by Gasteiger charge is 2.30. The Balaban J connectivity index is 2.00. The van der Waals surface area contributed by atoms with Crippen LogP contribution in [0.15, 0.2) is 42.5 Å². The minimum absolute atomic E-state index is 0.0299. The fourth-order valence-corrected chi connectivity index (χ4v) is 2.74. The van der Waals surface area contributed by atoms with Crippen molar-refractivity contribution in [3.63, 3.8) is 0 Å². The quantitative estimate of drug-likeness (QED) is 0.934. The summed E-state index contributed by atoms with van der Waals surface area (Å²) in [5.41, 5.74) is 3.74. The number of carbonyl (C=O) groups is 1. The van der Waals surface area contributed by atoms with E-state index in [2.05, 4.69) is 5.32 Å². The lowest BCUT2D eigenvalue weighted by atomic mass is 9.96. The molecule has 1 N–H and O–H groups in total. The molecule has 2 aromatic rings. The summed E-state index contributed by atoms with van der Waals surface area (Å²) in [6.07, 6.45) is -0.0299. The first-order valence-corrected chi connectivity index (χ1v) is 7.21. The lowest BCUT2D eigenvalue weighted by Crippen LogP contribution is -2.19. The summed E-state index contributed by atoms with van der Waals surface area (Å²) in [6, 6.07) is 13.4. The lowest BCUT2D eigenvalue weighted by Gasteiger charge is -2.14. The number of hydrogen-bond acceptors (Lipinski definition) is 2. The number of halogens is 1. The minimum Gasteiger partial charge on any atom is -0.377 e. The highest BCUT2D eigenvalue weighted by atomic mass is 35.5. The molecule has 3 nitrogen and oxygen atoms in total. The first-order valence-electron chi connectivity index (χ1n) is 6.83. The summed E-state index contributed by atoms with van der Waals surface area (Å²) in [4.78, 5) is 12.2. The molecule has 0 saturated carbocycles. The smallest absolute Gasteiger partial charge is 0.252 e. The van der Waals surface area contributed by atoms with Crippen LogP contribution in [0.2, 0.25) is 5.02 Å². The second-order valence-corrected chi connectivity index (χ2v) is 5.62. The monoisotopic (exact) mass is 301 g/mol. The molecule has 2 unspecified atom stereocenters. The second kappa shape index (κ2) is 5.51. The predicted octanol–water partition coefficient (Wildman–Crippen LogP) is 3.88. The molecular weight excluding hydrogens is 286 g/mol. The summed E-state index contributed by atoms with van der Waals surface area (Å²) in [5.74, 6) is -0.0462. The van der Waals surface area contributed by atoms with Crippen molar-refractivity contribution in [2.75, 3.05) is 7.11 Å². The van der Waals surface area contributed by atoms with Crippen LogP contribution in [0.4, 0.5) is 0 Å². The van der Waals surface area contributed by atoms with Crippen LogP contribution < -0.4 is 5.32 Å². The van der Waals surface area contributed by atoms with E-state index in [-0.39, 0.29) is 18.1 Å². The van der Waals surface area contributed by atoms with Crippen LogP contribution in [-0.2, 0) is 4.74 Å². The van der Waals surface area contributed by atoms with Crippen molar-refractivity contribution in [2.45, 2.75) is 19.1 Å². The molecule has 2 atom stereocenters. The molecular formula is C17H16ClNO2. The number of fused-ring (bicyclic) bond motifs is 1. The van der Waals surface area contributed by atoms with Gasteiger partial charge in [-0.1, -0.05) is 35.9 Å². The van der Waals surface area contributed by atoms with Crippen LogP contribution in [0.3, 0.4) is 0 Å².